The molecule has 0 amide bonds. The Bertz CT molecular complexity index is 236. The monoisotopic (exact) mass is 215 g/mol. The van der Waals surface area contributed by atoms with Crippen LogP contribution in [0.5, 0.6) is 0 Å². The Hall–Kier alpha value is -1.10. The van der Waals surface area contributed by atoms with Gasteiger partial charge in [-0.1, -0.05) is 6.42 Å². The summed E-state index contributed by atoms with van der Waals surface area (Å²) in [5.74, 6) is -1.84. The number of likely N-dealkylation sites (tertiary alicyclic amines) is 1. The highest BCUT2D eigenvalue weighted by molar-refractivity contribution is 5.75. The first-order valence-electron chi connectivity index (χ1n) is 5.30. The molecule has 1 heterocycles. The molecule has 0 spiro atoms. The molecule has 1 atom stereocenters. The molecule has 5 nitrogen and oxygen atoms in total. The molecule has 1 rings (SSSR count). The van der Waals surface area contributed by atoms with Gasteiger partial charge >= 0.3 is 11.9 Å². The van der Waals surface area contributed by atoms with Gasteiger partial charge in [-0.2, -0.15) is 0 Å². The van der Waals surface area contributed by atoms with E-state index in [2.05, 4.69) is 0 Å². The first kappa shape index (κ1) is 12.0. The summed E-state index contributed by atoms with van der Waals surface area (Å²) in [7, 11) is 0. The molecule has 1 aliphatic rings. The fourth-order valence-electron chi connectivity index (χ4n) is 1.95. The van der Waals surface area contributed by atoms with E-state index in [0.29, 0.717) is 0 Å². The third-order valence-electron chi connectivity index (χ3n) is 2.75. The molecule has 1 aliphatic heterocycles. The first-order valence-corrected chi connectivity index (χ1v) is 5.30. The van der Waals surface area contributed by atoms with Crippen LogP contribution in [0, 0.1) is 0 Å². The first-order chi connectivity index (χ1) is 7.11. The summed E-state index contributed by atoms with van der Waals surface area (Å²) in [6.45, 7) is 1.55. The number of rotatable bonds is 5. The second-order valence-electron chi connectivity index (χ2n) is 3.88. The van der Waals surface area contributed by atoms with E-state index in [0.717, 1.165) is 32.4 Å². The molecule has 0 aromatic heterocycles. The van der Waals surface area contributed by atoms with Crippen molar-refractivity contribution >= 4 is 11.9 Å². The molecule has 0 aromatic carbocycles. The topological polar surface area (TPSA) is 77.8 Å². The van der Waals surface area contributed by atoms with Crippen molar-refractivity contribution in [1.29, 1.82) is 0 Å². The fourth-order valence-corrected chi connectivity index (χ4v) is 1.95. The van der Waals surface area contributed by atoms with Crippen molar-refractivity contribution in [3.05, 3.63) is 0 Å². The van der Waals surface area contributed by atoms with Gasteiger partial charge in [0.1, 0.15) is 6.04 Å². The third-order valence-corrected chi connectivity index (χ3v) is 2.75. The van der Waals surface area contributed by atoms with E-state index in [4.69, 9.17) is 10.2 Å². The Kier molecular flexibility index (Phi) is 4.55. The van der Waals surface area contributed by atoms with Gasteiger partial charge in [0.25, 0.3) is 0 Å². The highest BCUT2D eigenvalue weighted by Crippen LogP contribution is 2.15. The molecule has 15 heavy (non-hydrogen) atoms. The quantitative estimate of drug-likeness (QED) is 0.709. The number of carboxylic acids is 2. The number of hydrogen-bond acceptors (Lipinski definition) is 3. The summed E-state index contributed by atoms with van der Waals surface area (Å²) in [4.78, 5) is 23.3. The highest BCUT2D eigenvalue weighted by Gasteiger charge is 2.26. The molecule has 0 aliphatic carbocycles. The lowest BCUT2D eigenvalue weighted by Crippen LogP contribution is -2.44. The van der Waals surface area contributed by atoms with Crippen LogP contribution in [0.25, 0.3) is 0 Å². The molecule has 0 unspecified atom stereocenters. The lowest BCUT2D eigenvalue weighted by molar-refractivity contribution is -0.144. The molecule has 0 saturated carbocycles. The fraction of sp³-hybridized carbons (Fsp3) is 0.800. The van der Waals surface area contributed by atoms with Crippen LogP contribution in [0.3, 0.4) is 0 Å². The van der Waals surface area contributed by atoms with E-state index in [9.17, 15) is 9.59 Å². The van der Waals surface area contributed by atoms with Crippen LogP contribution in [-0.2, 0) is 9.59 Å². The molecule has 0 radical (unpaired) electrons. The Labute approximate surface area is 88.7 Å². The van der Waals surface area contributed by atoms with E-state index in [1.165, 1.54) is 0 Å². The van der Waals surface area contributed by atoms with Gasteiger partial charge in [-0.05, 0) is 32.4 Å². The molecular formula is C10H17NO4. The van der Waals surface area contributed by atoms with Gasteiger partial charge in [0.05, 0.1) is 0 Å². The SMILES string of the molecule is O=C(O)CC[C@@H](C(=O)O)N1CCCCC1. The largest absolute Gasteiger partial charge is 0.481 e. The van der Waals surface area contributed by atoms with Crippen LogP contribution in [-0.4, -0.2) is 46.2 Å². The Morgan fingerprint density at radius 2 is 1.73 bits per heavy atom. The van der Waals surface area contributed by atoms with Crippen LogP contribution < -0.4 is 0 Å². The van der Waals surface area contributed by atoms with Crippen molar-refractivity contribution in [2.75, 3.05) is 13.1 Å². The average molecular weight is 215 g/mol. The van der Waals surface area contributed by atoms with Crippen molar-refractivity contribution in [3.8, 4) is 0 Å². The van der Waals surface area contributed by atoms with Crippen LogP contribution in [0.4, 0.5) is 0 Å². The third kappa shape index (κ3) is 3.87. The molecule has 1 saturated heterocycles. The molecule has 1 fully saturated rings. The number of piperidine rings is 1. The number of nitrogens with zero attached hydrogens (tertiary/aromatic N) is 1. The molecular weight excluding hydrogens is 198 g/mol. The Morgan fingerprint density at radius 1 is 1.13 bits per heavy atom. The van der Waals surface area contributed by atoms with Crippen LogP contribution in [0.15, 0.2) is 0 Å². The van der Waals surface area contributed by atoms with Crippen LogP contribution in [0.2, 0.25) is 0 Å². The van der Waals surface area contributed by atoms with Crippen molar-refractivity contribution in [2.45, 2.75) is 38.1 Å². The van der Waals surface area contributed by atoms with Gasteiger partial charge in [0.2, 0.25) is 0 Å². The summed E-state index contributed by atoms with van der Waals surface area (Å²) >= 11 is 0. The zero-order valence-corrected chi connectivity index (χ0v) is 8.69. The molecule has 0 aromatic rings. The van der Waals surface area contributed by atoms with Gasteiger partial charge in [0.15, 0.2) is 0 Å². The second-order valence-corrected chi connectivity index (χ2v) is 3.88. The van der Waals surface area contributed by atoms with Gasteiger partial charge in [-0.25, -0.2) is 0 Å². The van der Waals surface area contributed by atoms with Crippen molar-refractivity contribution < 1.29 is 19.8 Å². The normalized spacial score (nSPS) is 19.7. The maximum absolute atomic E-state index is 11.0. The van der Waals surface area contributed by atoms with Gasteiger partial charge in [-0.3, -0.25) is 14.5 Å². The predicted octanol–water partition coefficient (Wildman–Crippen LogP) is 0.790. The number of carbonyl (C=O) groups is 2. The molecule has 5 heteroatoms. The van der Waals surface area contributed by atoms with E-state index >= 15 is 0 Å². The number of carboxylic acid groups (broad SMARTS) is 2. The van der Waals surface area contributed by atoms with Crippen molar-refractivity contribution in [2.24, 2.45) is 0 Å². The van der Waals surface area contributed by atoms with E-state index in [-0.39, 0.29) is 12.8 Å². The summed E-state index contributed by atoms with van der Waals surface area (Å²) < 4.78 is 0. The minimum atomic E-state index is -0.932. The zero-order chi connectivity index (χ0) is 11.3. The Balaban J connectivity index is 2.48. The molecule has 86 valence electrons. The minimum absolute atomic E-state index is 0.0759. The van der Waals surface area contributed by atoms with Gasteiger partial charge in [-0.15, -0.1) is 0 Å². The van der Waals surface area contributed by atoms with Crippen LogP contribution >= 0.6 is 0 Å². The highest BCUT2D eigenvalue weighted by atomic mass is 16.4. The average Bonchev–Trinajstić information content (AvgIpc) is 2.18. The Morgan fingerprint density at radius 3 is 2.20 bits per heavy atom. The summed E-state index contributed by atoms with van der Waals surface area (Å²) in [5, 5.41) is 17.5. The zero-order valence-electron chi connectivity index (χ0n) is 8.69. The van der Waals surface area contributed by atoms with Gasteiger partial charge in [0, 0.05) is 6.42 Å². The summed E-state index contributed by atoms with van der Waals surface area (Å²) in [6.07, 6.45) is 3.29. The van der Waals surface area contributed by atoms with Crippen LogP contribution in [0.1, 0.15) is 32.1 Å². The van der Waals surface area contributed by atoms with Crippen molar-refractivity contribution in [3.63, 3.8) is 0 Å². The number of aliphatic carboxylic acids is 2. The van der Waals surface area contributed by atoms with Crippen molar-refractivity contribution in [1.82, 2.24) is 4.90 Å². The van der Waals surface area contributed by atoms with E-state index < -0.39 is 18.0 Å². The lowest BCUT2D eigenvalue weighted by Gasteiger charge is -2.31. The predicted molar refractivity (Wildman–Crippen MR) is 53.7 cm³/mol. The minimum Gasteiger partial charge on any atom is -0.481 e. The second kappa shape index (κ2) is 5.70. The summed E-state index contributed by atoms with van der Waals surface area (Å²) in [6, 6.07) is -0.624. The maximum atomic E-state index is 11.0. The number of hydrogen-bond donors (Lipinski definition) is 2. The smallest absolute Gasteiger partial charge is 0.320 e. The molecule has 0 bridgehead atoms. The van der Waals surface area contributed by atoms with E-state index in [1.54, 1.807) is 0 Å². The maximum Gasteiger partial charge on any atom is 0.320 e. The lowest BCUT2D eigenvalue weighted by atomic mass is 10.0. The molecule has 2 N–H and O–H groups in total. The van der Waals surface area contributed by atoms with E-state index in [1.807, 2.05) is 4.90 Å². The van der Waals surface area contributed by atoms with Gasteiger partial charge < -0.3 is 10.2 Å². The standard InChI is InChI=1S/C10H17NO4/c12-9(13)5-4-8(10(14)15)11-6-2-1-3-7-11/h8H,1-7H2,(H,12,13)(H,14,15)/t8-/m0/s1. The summed E-state index contributed by atoms with van der Waals surface area (Å²) in [5.41, 5.74) is 0.